The van der Waals surface area contributed by atoms with Crippen molar-refractivity contribution in [3.05, 3.63) is 0 Å². The van der Waals surface area contributed by atoms with Crippen LogP contribution in [0.3, 0.4) is 0 Å². The van der Waals surface area contributed by atoms with Crippen LogP contribution in [-0.2, 0) is 10.8 Å². The summed E-state index contributed by atoms with van der Waals surface area (Å²) >= 11 is 1.95. The van der Waals surface area contributed by atoms with Gasteiger partial charge in [0.1, 0.15) is 0 Å². The second-order valence-corrected chi connectivity index (χ2v) is 9.97. The molecule has 0 aliphatic carbocycles. The Labute approximate surface area is 127 Å². The van der Waals surface area contributed by atoms with E-state index in [0.29, 0.717) is 10.00 Å². The van der Waals surface area contributed by atoms with Crippen molar-refractivity contribution in [1.82, 2.24) is 0 Å². The molecule has 0 bridgehead atoms. The van der Waals surface area contributed by atoms with Gasteiger partial charge in [0.25, 0.3) is 0 Å². The molecule has 0 aromatic heterocycles. The second-order valence-electron chi connectivity index (χ2n) is 6.62. The van der Waals surface area contributed by atoms with Crippen LogP contribution in [0.5, 0.6) is 0 Å². The van der Waals surface area contributed by atoms with Crippen LogP contribution in [0.4, 0.5) is 0 Å². The fourth-order valence-corrected chi connectivity index (χ4v) is 6.55. The molecule has 0 aromatic rings. The number of rotatable bonds is 9. The smallest absolute Gasteiger partial charge is 0.0806 e. The minimum Gasteiger partial charge on any atom is -0.258 e. The molecule has 19 heavy (non-hydrogen) atoms. The van der Waals surface area contributed by atoms with E-state index in [9.17, 15) is 4.21 Å². The maximum atomic E-state index is 12.0. The average molecular weight is 305 g/mol. The summed E-state index contributed by atoms with van der Waals surface area (Å²) in [6, 6.07) is 0. The normalized spacial score (nSPS) is 24.6. The molecule has 114 valence electrons. The molecule has 0 aromatic carbocycles. The van der Waals surface area contributed by atoms with Crippen LogP contribution >= 0.6 is 11.8 Å². The fraction of sp³-hybridized carbons (Fsp3) is 1.00. The van der Waals surface area contributed by atoms with Gasteiger partial charge in [-0.05, 0) is 30.4 Å². The highest BCUT2D eigenvalue weighted by Crippen LogP contribution is 2.36. The van der Waals surface area contributed by atoms with Gasteiger partial charge in [-0.25, -0.2) is 0 Å². The lowest BCUT2D eigenvalue weighted by atomic mass is 9.84. The van der Waals surface area contributed by atoms with E-state index < -0.39 is 10.8 Å². The molecule has 0 unspecified atom stereocenters. The zero-order valence-corrected chi connectivity index (χ0v) is 14.7. The first-order valence-corrected chi connectivity index (χ1v) is 10.5. The molecular weight excluding hydrogens is 272 g/mol. The molecule has 1 nitrogen and oxygen atoms in total. The van der Waals surface area contributed by atoms with Crippen molar-refractivity contribution in [2.45, 2.75) is 83.1 Å². The molecule has 1 aliphatic heterocycles. The van der Waals surface area contributed by atoms with Crippen molar-refractivity contribution in [1.29, 1.82) is 0 Å². The first-order chi connectivity index (χ1) is 9.05. The topological polar surface area (TPSA) is 17.1 Å². The van der Waals surface area contributed by atoms with E-state index in [1.165, 1.54) is 50.7 Å². The van der Waals surface area contributed by atoms with E-state index in [1.54, 1.807) is 0 Å². The standard InChI is InChI=1S/C16H32OS2/c1-4-5-6-7-8-9-11-16(2,3)14-15-18-12-10-13-19(15)17/h15H,4-14H2,1-3H3/t15-,19+/m1/s1. The Balaban J connectivity index is 2.17. The predicted molar refractivity (Wildman–Crippen MR) is 90.3 cm³/mol. The van der Waals surface area contributed by atoms with Gasteiger partial charge in [-0.15, -0.1) is 11.8 Å². The van der Waals surface area contributed by atoms with Crippen LogP contribution in [0.1, 0.15) is 78.6 Å². The first-order valence-electron chi connectivity index (χ1n) is 8.04. The maximum absolute atomic E-state index is 12.0. The Morgan fingerprint density at radius 2 is 1.84 bits per heavy atom. The van der Waals surface area contributed by atoms with Crippen LogP contribution in [0, 0.1) is 5.41 Å². The highest BCUT2D eigenvalue weighted by Gasteiger charge is 2.28. The van der Waals surface area contributed by atoms with Crippen LogP contribution in [0.25, 0.3) is 0 Å². The van der Waals surface area contributed by atoms with Crippen LogP contribution in [0.2, 0.25) is 0 Å². The molecule has 0 N–H and O–H groups in total. The maximum Gasteiger partial charge on any atom is 0.0806 e. The van der Waals surface area contributed by atoms with E-state index in [-0.39, 0.29) is 0 Å². The molecular formula is C16H32OS2. The number of hydrogen-bond donors (Lipinski definition) is 0. The summed E-state index contributed by atoms with van der Waals surface area (Å²) in [5.74, 6) is 2.15. The lowest BCUT2D eigenvalue weighted by Crippen LogP contribution is -2.27. The molecule has 1 aliphatic rings. The average Bonchev–Trinajstić information content (AvgIpc) is 2.36. The first kappa shape index (κ1) is 17.6. The third kappa shape index (κ3) is 7.75. The summed E-state index contributed by atoms with van der Waals surface area (Å²) in [6.45, 7) is 7.00. The van der Waals surface area contributed by atoms with Gasteiger partial charge in [0, 0.05) is 16.6 Å². The van der Waals surface area contributed by atoms with Gasteiger partial charge in [0.15, 0.2) is 0 Å². The van der Waals surface area contributed by atoms with Crippen molar-refractivity contribution in [3.63, 3.8) is 0 Å². The Morgan fingerprint density at radius 3 is 2.53 bits per heavy atom. The molecule has 0 spiro atoms. The highest BCUT2D eigenvalue weighted by molar-refractivity contribution is 8.11. The Hall–Kier alpha value is 0.500. The molecule has 2 atom stereocenters. The van der Waals surface area contributed by atoms with Gasteiger partial charge in [-0.1, -0.05) is 59.3 Å². The second kappa shape index (κ2) is 9.44. The molecule has 0 amide bonds. The zero-order valence-electron chi connectivity index (χ0n) is 13.1. The van der Waals surface area contributed by atoms with E-state index in [1.807, 2.05) is 11.8 Å². The molecule has 1 saturated heterocycles. The van der Waals surface area contributed by atoms with Crippen molar-refractivity contribution in [2.24, 2.45) is 5.41 Å². The molecule has 0 radical (unpaired) electrons. The predicted octanol–water partition coefficient (Wildman–Crippen LogP) is 5.37. The van der Waals surface area contributed by atoms with Crippen molar-refractivity contribution in [2.75, 3.05) is 11.5 Å². The van der Waals surface area contributed by atoms with Crippen molar-refractivity contribution < 1.29 is 4.21 Å². The van der Waals surface area contributed by atoms with E-state index in [0.717, 1.165) is 18.6 Å². The lowest BCUT2D eigenvalue weighted by Gasteiger charge is -2.31. The summed E-state index contributed by atoms with van der Waals surface area (Å²) in [5, 5.41) is 0. The third-order valence-corrected chi connectivity index (χ3v) is 7.57. The summed E-state index contributed by atoms with van der Waals surface area (Å²) in [6.07, 6.45) is 11.8. The Kier molecular flexibility index (Phi) is 8.72. The number of thioether (sulfide) groups is 1. The minimum absolute atomic E-state index is 0.370. The largest absolute Gasteiger partial charge is 0.258 e. The summed E-state index contributed by atoms with van der Waals surface area (Å²) in [5.41, 5.74) is 0.370. The third-order valence-electron chi connectivity index (χ3n) is 4.01. The number of unbranched alkanes of at least 4 members (excludes halogenated alkanes) is 5. The lowest BCUT2D eigenvalue weighted by molar-refractivity contribution is 0.304. The van der Waals surface area contributed by atoms with Crippen molar-refractivity contribution >= 4 is 22.6 Å². The quantitative estimate of drug-likeness (QED) is 0.533. The summed E-state index contributed by atoms with van der Waals surface area (Å²) in [4.78, 5) is 0. The van der Waals surface area contributed by atoms with E-state index >= 15 is 0 Å². The Bertz CT molecular complexity index is 263. The van der Waals surface area contributed by atoms with Gasteiger partial charge >= 0.3 is 0 Å². The van der Waals surface area contributed by atoms with E-state index in [2.05, 4.69) is 20.8 Å². The summed E-state index contributed by atoms with van der Waals surface area (Å²) < 4.78 is 12.4. The van der Waals surface area contributed by atoms with Gasteiger partial charge in [-0.2, -0.15) is 0 Å². The van der Waals surface area contributed by atoms with Crippen LogP contribution in [-0.4, -0.2) is 20.3 Å². The minimum atomic E-state index is -0.573. The molecule has 0 saturated carbocycles. The molecule has 1 rings (SSSR count). The van der Waals surface area contributed by atoms with Gasteiger partial charge in [0.05, 0.1) is 4.58 Å². The van der Waals surface area contributed by atoms with E-state index in [4.69, 9.17) is 0 Å². The summed E-state index contributed by atoms with van der Waals surface area (Å²) in [7, 11) is -0.573. The van der Waals surface area contributed by atoms with Gasteiger partial charge < -0.3 is 0 Å². The molecule has 1 heterocycles. The highest BCUT2D eigenvalue weighted by atomic mass is 32.2. The van der Waals surface area contributed by atoms with Crippen LogP contribution in [0.15, 0.2) is 0 Å². The molecule has 3 heteroatoms. The van der Waals surface area contributed by atoms with Crippen LogP contribution < -0.4 is 0 Å². The van der Waals surface area contributed by atoms with Gasteiger partial charge in [-0.3, -0.25) is 4.21 Å². The fourth-order valence-electron chi connectivity index (χ4n) is 2.71. The monoisotopic (exact) mass is 304 g/mol. The van der Waals surface area contributed by atoms with Gasteiger partial charge in [0.2, 0.25) is 0 Å². The number of hydrogen-bond acceptors (Lipinski definition) is 2. The molecule has 1 fully saturated rings. The van der Waals surface area contributed by atoms with Crippen molar-refractivity contribution in [3.8, 4) is 0 Å². The Morgan fingerprint density at radius 1 is 1.16 bits per heavy atom. The zero-order chi connectivity index (χ0) is 14.1. The SMILES string of the molecule is CCCCCCCCC(C)(C)C[C@@H]1SCCC[S@@]1=O.